The summed E-state index contributed by atoms with van der Waals surface area (Å²) in [4.78, 5) is 0. The van der Waals surface area contributed by atoms with Crippen molar-refractivity contribution < 1.29 is 4.74 Å². The lowest BCUT2D eigenvalue weighted by molar-refractivity contribution is 0.481. The minimum Gasteiger partial charge on any atom is -0.456 e. The van der Waals surface area contributed by atoms with Crippen molar-refractivity contribution in [1.82, 2.24) is 0 Å². The zero-order valence-electron chi connectivity index (χ0n) is 10.6. The van der Waals surface area contributed by atoms with Crippen LogP contribution in [0.1, 0.15) is 24.9 Å². The van der Waals surface area contributed by atoms with Crippen molar-refractivity contribution in [2.24, 2.45) is 5.73 Å². The van der Waals surface area contributed by atoms with E-state index in [4.69, 9.17) is 33.7 Å². The van der Waals surface area contributed by atoms with Crippen molar-refractivity contribution in [1.29, 1.82) is 0 Å². The first-order chi connectivity index (χ1) is 9.11. The van der Waals surface area contributed by atoms with Gasteiger partial charge in [-0.1, -0.05) is 48.3 Å². The molecule has 0 aliphatic carbocycles. The standard InChI is InChI=1S/C15H15Cl2NO/c1-2-13(18)10-5-3-6-11(9-10)19-14-8-4-7-12(16)15(14)17/h3-9,13H,2,18H2,1H3. The van der Waals surface area contributed by atoms with Crippen molar-refractivity contribution in [3.63, 3.8) is 0 Å². The molecule has 0 spiro atoms. The second kappa shape index (κ2) is 6.29. The summed E-state index contributed by atoms with van der Waals surface area (Å²) in [6, 6.07) is 13.0. The van der Waals surface area contributed by atoms with Crippen LogP contribution in [0, 0.1) is 0 Å². The fourth-order valence-corrected chi connectivity index (χ4v) is 2.06. The average Bonchev–Trinajstić information content (AvgIpc) is 2.43. The molecule has 19 heavy (non-hydrogen) atoms. The molecule has 0 fully saturated rings. The molecule has 0 saturated carbocycles. The normalized spacial score (nSPS) is 12.2. The minimum absolute atomic E-state index is 0.0124. The largest absolute Gasteiger partial charge is 0.456 e. The number of rotatable bonds is 4. The highest BCUT2D eigenvalue weighted by atomic mass is 35.5. The molecule has 0 saturated heterocycles. The SMILES string of the molecule is CCC(N)c1cccc(Oc2cccc(Cl)c2Cl)c1. The van der Waals surface area contributed by atoms with E-state index in [0.717, 1.165) is 12.0 Å². The third-order valence-corrected chi connectivity index (χ3v) is 3.67. The number of ether oxygens (including phenoxy) is 1. The Labute approximate surface area is 123 Å². The quantitative estimate of drug-likeness (QED) is 0.842. The number of hydrogen-bond donors (Lipinski definition) is 1. The Morgan fingerprint density at radius 2 is 1.89 bits per heavy atom. The van der Waals surface area contributed by atoms with Crippen molar-refractivity contribution in [3.05, 3.63) is 58.1 Å². The number of hydrogen-bond acceptors (Lipinski definition) is 2. The van der Waals surface area contributed by atoms with Gasteiger partial charge in [-0.15, -0.1) is 0 Å². The first kappa shape index (κ1) is 14.2. The topological polar surface area (TPSA) is 35.2 Å². The van der Waals surface area contributed by atoms with Gasteiger partial charge in [0.1, 0.15) is 16.5 Å². The molecule has 0 aliphatic rings. The van der Waals surface area contributed by atoms with E-state index in [1.165, 1.54) is 0 Å². The first-order valence-electron chi connectivity index (χ1n) is 6.09. The van der Waals surface area contributed by atoms with Gasteiger partial charge in [0.25, 0.3) is 0 Å². The maximum Gasteiger partial charge on any atom is 0.147 e. The molecule has 0 bridgehead atoms. The van der Waals surface area contributed by atoms with E-state index in [-0.39, 0.29) is 6.04 Å². The zero-order valence-corrected chi connectivity index (χ0v) is 12.1. The molecule has 0 amide bonds. The Kier molecular flexibility index (Phi) is 4.70. The Morgan fingerprint density at radius 1 is 1.16 bits per heavy atom. The lowest BCUT2D eigenvalue weighted by atomic mass is 10.1. The lowest BCUT2D eigenvalue weighted by Gasteiger charge is -2.12. The van der Waals surface area contributed by atoms with Crippen molar-refractivity contribution in [3.8, 4) is 11.5 Å². The van der Waals surface area contributed by atoms with Crippen molar-refractivity contribution >= 4 is 23.2 Å². The Bertz CT molecular complexity index is 572. The van der Waals surface area contributed by atoms with Crippen molar-refractivity contribution in [2.75, 3.05) is 0 Å². The van der Waals surface area contributed by atoms with Crippen LogP contribution in [0.15, 0.2) is 42.5 Å². The lowest BCUT2D eigenvalue weighted by Crippen LogP contribution is -2.08. The summed E-state index contributed by atoms with van der Waals surface area (Å²) in [5.74, 6) is 1.24. The molecule has 2 aromatic carbocycles. The van der Waals surface area contributed by atoms with Gasteiger partial charge in [-0.3, -0.25) is 0 Å². The van der Waals surface area contributed by atoms with Gasteiger partial charge in [-0.25, -0.2) is 0 Å². The Balaban J connectivity index is 2.26. The summed E-state index contributed by atoms with van der Waals surface area (Å²) >= 11 is 12.0. The molecule has 2 nitrogen and oxygen atoms in total. The van der Waals surface area contributed by atoms with Crippen molar-refractivity contribution in [2.45, 2.75) is 19.4 Å². The Hall–Kier alpha value is -1.22. The molecular weight excluding hydrogens is 281 g/mol. The van der Waals surface area contributed by atoms with E-state index in [1.54, 1.807) is 18.2 Å². The predicted octanol–water partition coefficient (Wildman–Crippen LogP) is 5.20. The maximum absolute atomic E-state index is 6.09. The van der Waals surface area contributed by atoms with Gasteiger partial charge in [0.05, 0.1) is 5.02 Å². The smallest absolute Gasteiger partial charge is 0.147 e. The molecule has 0 radical (unpaired) electrons. The number of nitrogens with two attached hydrogens (primary N) is 1. The molecule has 4 heteroatoms. The van der Waals surface area contributed by atoms with E-state index < -0.39 is 0 Å². The Morgan fingerprint density at radius 3 is 2.63 bits per heavy atom. The van der Waals surface area contributed by atoms with Gasteiger partial charge in [0.2, 0.25) is 0 Å². The van der Waals surface area contributed by atoms with E-state index in [1.807, 2.05) is 31.2 Å². The van der Waals surface area contributed by atoms with Gasteiger partial charge in [0.15, 0.2) is 0 Å². The summed E-state index contributed by atoms with van der Waals surface area (Å²) in [5, 5.41) is 0.884. The molecule has 0 heterocycles. The van der Waals surface area contributed by atoms with Crippen LogP contribution in [0.4, 0.5) is 0 Å². The second-order valence-electron chi connectivity index (χ2n) is 4.24. The van der Waals surface area contributed by atoms with E-state index in [0.29, 0.717) is 21.5 Å². The fourth-order valence-electron chi connectivity index (χ4n) is 1.73. The highest BCUT2D eigenvalue weighted by Crippen LogP contribution is 2.35. The average molecular weight is 296 g/mol. The van der Waals surface area contributed by atoms with E-state index in [2.05, 4.69) is 0 Å². The molecule has 2 N–H and O–H groups in total. The monoisotopic (exact) mass is 295 g/mol. The summed E-state index contributed by atoms with van der Waals surface area (Å²) in [6.07, 6.45) is 0.876. The van der Waals surface area contributed by atoms with Crippen LogP contribution >= 0.6 is 23.2 Å². The zero-order chi connectivity index (χ0) is 13.8. The third kappa shape index (κ3) is 3.41. The molecular formula is C15H15Cl2NO. The molecule has 2 aromatic rings. The summed E-state index contributed by atoms with van der Waals surface area (Å²) in [6.45, 7) is 2.05. The van der Waals surface area contributed by atoms with Crippen LogP contribution in [0.2, 0.25) is 10.0 Å². The summed E-state index contributed by atoms with van der Waals surface area (Å²) in [7, 11) is 0. The molecule has 100 valence electrons. The number of halogens is 2. The molecule has 2 rings (SSSR count). The van der Waals surface area contributed by atoms with Gasteiger partial charge in [-0.2, -0.15) is 0 Å². The second-order valence-corrected chi connectivity index (χ2v) is 5.03. The van der Waals surface area contributed by atoms with Crippen LogP contribution in [0.25, 0.3) is 0 Å². The highest BCUT2D eigenvalue weighted by molar-refractivity contribution is 6.42. The summed E-state index contributed by atoms with van der Waals surface area (Å²) < 4.78 is 5.75. The van der Waals surface area contributed by atoms with Gasteiger partial charge in [-0.05, 0) is 36.2 Å². The van der Waals surface area contributed by atoms with Gasteiger partial charge < -0.3 is 10.5 Å². The third-order valence-electron chi connectivity index (χ3n) is 2.87. The molecule has 1 unspecified atom stereocenters. The number of benzene rings is 2. The molecule has 1 atom stereocenters. The van der Waals surface area contributed by atoms with E-state index in [9.17, 15) is 0 Å². The van der Waals surface area contributed by atoms with Gasteiger partial charge in [0, 0.05) is 6.04 Å². The minimum atomic E-state index is 0.0124. The summed E-state index contributed by atoms with van der Waals surface area (Å²) in [5.41, 5.74) is 7.05. The maximum atomic E-state index is 6.09. The first-order valence-corrected chi connectivity index (χ1v) is 6.84. The van der Waals surface area contributed by atoms with Crippen LogP contribution in [-0.4, -0.2) is 0 Å². The van der Waals surface area contributed by atoms with Gasteiger partial charge >= 0.3 is 0 Å². The predicted molar refractivity (Wildman–Crippen MR) is 80.2 cm³/mol. The van der Waals surface area contributed by atoms with E-state index >= 15 is 0 Å². The van der Waals surface area contributed by atoms with Crippen LogP contribution in [-0.2, 0) is 0 Å². The van der Waals surface area contributed by atoms with Crippen LogP contribution in [0.5, 0.6) is 11.5 Å². The van der Waals surface area contributed by atoms with Crippen LogP contribution < -0.4 is 10.5 Å². The highest BCUT2D eigenvalue weighted by Gasteiger charge is 2.08. The molecule has 0 aliphatic heterocycles. The van der Waals surface area contributed by atoms with Crippen LogP contribution in [0.3, 0.4) is 0 Å². The molecule has 0 aromatic heterocycles. The fraction of sp³-hybridized carbons (Fsp3) is 0.200.